The smallest absolute Gasteiger partial charge is 0.258 e. The Morgan fingerprint density at radius 3 is 2.41 bits per heavy atom. The standard InChI is InChI=1S/C23H19N3O/c1-16-6-8-18(9-7-16)15-26-22(19-12-10-17(14-24)11-13-19)25-21-5-3-2-4-20(21)23(26)27/h2-13,22,25H,15H2,1H3. The molecule has 0 radical (unpaired) electrons. The third-order valence-corrected chi connectivity index (χ3v) is 4.85. The van der Waals surface area contributed by atoms with E-state index < -0.39 is 0 Å². The highest BCUT2D eigenvalue weighted by Crippen LogP contribution is 2.34. The Labute approximate surface area is 158 Å². The molecule has 4 rings (SSSR count). The fraction of sp³-hybridized carbons (Fsp3) is 0.130. The molecule has 3 aromatic rings. The maximum absolute atomic E-state index is 13.2. The molecule has 1 amide bonds. The molecule has 3 aromatic carbocycles. The molecule has 1 aliphatic heterocycles. The number of nitriles is 1. The van der Waals surface area contributed by atoms with Gasteiger partial charge in [-0.3, -0.25) is 4.79 Å². The summed E-state index contributed by atoms with van der Waals surface area (Å²) in [7, 11) is 0. The van der Waals surface area contributed by atoms with Gasteiger partial charge in [-0.2, -0.15) is 5.26 Å². The predicted octanol–water partition coefficient (Wildman–Crippen LogP) is 4.63. The lowest BCUT2D eigenvalue weighted by Crippen LogP contribution is -2.42. The van der Waals surface area contributed by atoms with Crippen molar-refractivity contribution < 1.29 is 4.79 Å². The highest BCUT2D eigenvalue weighted by atomic mass is 16.2. The first-order chi connectivity index (χ1) is 13.2. The van der Waals surface area contributed by atoms with Crippen LogP contribution in [0.25, 0.3) is 0 Å². The van der Waals surface area contributed by atoms with Crippen LogP contribution in [0.3, 0.4) is 0 Å². The van der Waals surface area contributed by atoms with Crippen molar-refractivity contribution >= 4 is 11.6 Å². The zero-order valence-electron chi connectivity index (χ0n) is 15.0. The van der Waals surface area contributed by atoms with Gasteiger partial charge in [0.1, 0.15) is 6.17 Å². The first-order valence-corrected chi connectivity index (χ1v) is 8.88. The van der Waals surface area contributed by atoms with Gasteiger partial charge in [0.05, 0.1) is 17.2 Å². The van der Waals surface area contributed by atoms with Crippen LogP contribution in [0.5, 0.6) is 0 Å². The second-order valence-electron chi connectivity index (χ2n) is 6.74. The number of hydrogen-bond donors (Lipinski definition) is 1. The topological polar surface area (TPSA) is 56.1 Å². The van der Waals surface area contributed by atoms with Gasteiger partial charge in [-0.25, -0.2) is 0 Å². The molecule has 0 aliphatic carbocycles. The largest absolute Gasteiger partial charge is 0.361 e. The van der Waals surface area contributed by atoms with Crippen LogP contribution in [0, 0.1) is 18.3 Å². The predicted molar refractivity (Wildman–Crippen MR) is 105 cm³/mol. The van der Waals surface area contributed by atoms with E-state index in [1.807, 2.05) is 48.2 Å². The molecule has 0 aromatic heterocycles. The number of hydrogen-bond acceptors (Lipinski definition) is 3. The van der Waals surface area contributed by atoms with E-state index in [9.17, 15) is 4.79 Å². The minimum atomic E-state index is -0.290. The molecule has 1 N–H and O–H groups in total. The number of rotatable bonds is 3. The normalized spacial score (nSPS) is 15.6. The average Bonchev–Trinajstić information content (AvgIpc) is 2.71. The highest BCUT2D eigenvalue weighted by Gasteiger charge is 2.32. The molecule has 1 aliphatic rings. The zero-order chi connectivity index (χ0) is 18.8. The minimum absolute atomic E-state index is 0.000662. The van der Waals surface area contributed by atoms with Gasteiger partial charge in [0.25, 0.3) is 5.91 Å². The number of nitrogens with one attached hydrogen (secondary N) is 1. The van der Waals surface area contributed by atoms with E-state index in [-0.39, 0.29) is 12.1 Å². The maximum Gasteiger partial charge on any atom is 0.258 e. The summed E-state index contributed by atoms with van der Waals surface area (Å²) in [6.45, 7) is 2.55. The lowest BCUT2D eigenvalue weighted by Gasteiger charge is -2.38. The first-order valence-electron chi connectivity index (χ1n) is 8.88. The Balaban J connectivity index is 1.74. The van der Waals surface area contributed by atoms with Gasteiger partial charge >= 0.3 is 0 Å². The van der Waals surface area contributed by atoms with Crippen LogP contribution < -0.4 is 5.32 Å². The Morgan fingerprint density at radius 1 is 1.00 bits per heavy atom. The second-order valence-corrected chi connectivity index (χ2v) is 6.74. The van der Waals surface area contributed by atoms with Crippen molar-refractivity contribution in [3.05, 3.63) is 101 Å². The van der Waals surface area contributed by atoms with E-state index in [0.29, 0.717) is 17.7 Å². The van der Waals surface area contributed by atoms with Crippen LogP contribution in [0.15, 0.2) is 72.8 Å². The monoisotopic (exact) mass is 353 g/mol. The number of aryl methyl sites for hydroxylation is 1. The van der Waals surface area contributed by atoms with Crippen molar-refractivity contribution in [3.8, 4) is 6.07 Å². The fourth-order valence-corrected chi connectivity index (χ4v) is 3.35. The zero-order valence-corrected chi connectivity index (χ0v) is 15.0. The lowest BCUT2D eigenvalue weighted by atomic mass is 10.0. The molecule has 132 valence electrons. The van der Waals surface area contributed by atoms with Gasteiger partial charge in [0.15, 0.2) is 0 Å². The van der Waals surface area contributed by atoms with E-state index in [4.69, 9.17) is 5.26 Å². The van der Waals surface area contributed by atoms with Crippen LogP contribution in [-0.2, 0) is 6.54 Å². The summed E-state index contributed by atoms with van der Waals surface area (Å²) in [6, 6.07) is 25.3. The number of amides is 1. The minimum Gasteiger partial charge on any atom is -0.361 e. The first kappa shape index (κ1) is 16.9. The number of anilines is 1. The van der Waals surface area contributed by atoms with E-state index in [1.165, 1.54) is 5.56 Å². The van der Waals surface area contributed by atoms with E-state index in [1.54, 1.807) is 12.1 Å². The van der Waals surface area contributed by atoms with Crippen molar-refractivity contribution in [2.75, 3.05) is 5.32 Å². The Kier molecular flexibility index (Phi) is 4.35. The van der Waals surface area contributed by atoms with E-state index in [2.05, 4.69) is 35.7 Å². The van der Waals surface area contributed by atoms with Crippen LogP contribution in [-0.4, -0.2) is 10.8 Å². The molecule has 0 fully saturated rings. The van der Waals surface area contributed by atoms with Gasteiger partial charge in [0, 0.05) is 12.2 Å². The third kappa shape index (κ3) is 3.28. The summed E-state index contributed by atoms with van der Waals surface area (Å²) in [5.41, 5.74) is 5.33. The van der Waals surface area contributed by atoms with Crippen molar-refractivity contribution in [1.29, 1.82) is 5.26 Å². The Hall–Kier alpha value is -3.58. The number of nitrogens with zero attached hydrogens (tertiary/aromatic N) is 2. The summed E-state index contributed by atoms with van der Waals surface area (Å²) in [6.07, 6.45) is -0.290. The number of carbonyl (C=O) groups is 1. The Bertz CT molecular complexity index is 1020. The van der Waals surface area contributed by atoms with Crippen LogP contribution >= 0.6 is 0 Å². The second kappa shape index (κ2) is 6.97. The molecule has 1 unspecified atom stereocenters. The average molecular weight is 353 g/mol. The quantitative estimate of drug-likeness (QED) is 0.747. The van der Waals surface area contributed by atoms with Gasteiger partial charge in [-0.05, 0) is 42.3 Å². The highest BCUT2D eigenvalue weighted by molar-refractivity contribution is 6.01. The summed E-state index contributed by atoms with van der Waals surface area (Å²) >= 11 is 0. The van der Waals surface area contributed by atoms with Crippen molar-refractivity contribution in [2.45, 2.75) is 19.6 Å². The molecule has 27 heavy (non-hydrogen) atoms. The summed E-state index contributed by atoms with van der Waals surface area (Å²) < 4.78 is 0. The molecule has 0 spiro atoms. The summed E-state index contributed by atoms with van der Waals surface area (Å²) in [5.74, 6) is -0.000662. The Morgan fingerprint density at radius 2 is 1.70 bits per heavy atom. The number of carbonyl (C=O) groups excluding carboxylic acids is 1. The van der Waals surface area contributed by atoms with Crippen LogP contribution in [0.4, 0.5) is 5.69 Å². The van der Waals surface area contributed by atoms with Gasteiger partial charge in [-0.15, -0.1) is 0 Å². The number of para-hydroxylation sites is 1. The lowest BCUT2D eigenvalue weighted by molar-refractivity contribution is 0.0666. The van der Waals surface area contributed by atoms with Gasteiger partial charge in [0.2, 0.25) is 0 Å². The molecular formula is C23H19N3O. The summed E-state index contributed by atoms with van der Waals surface area (Å²) in [4.78, 5) is 15.1. The van der Waals surface area contributed by atoms with Crippen molar-refractivity contribution in [3.63, 3.8) is 0 Å². The third-order valence-electron chi connectivity index (χ3n) is 4.85. The molecule has 1 atom stereocenters. The summed E-state index contributed by atoms with van der Waals surface area (Å²) in [5, 5.41) is 12.5. The molecular weight excluding hydrogens is 334 g/mol. The van der Waals surface area contributed by atoms with Gasteiger partial charge in [-0.1, -0.05) is 54.1 Å². The SMILES string of the molecule is Cc1ccc(CN2C(=O)c3ccccc3NC2c2ccc(C#N)cc2)cc1. The fourth-order valence-electron chi connectivity index (χ4n) is 3.35. The number of benzene rings is 3. The van der Waals surface area contributed by atoms with E-state index in [0.717, 1.165) is 16.8 Å². The molecule has 0 bridgehead atoms. The molecule has 4 heteroatoms. The number of fused-ring (bicyclic) bond motifs is 1. The van der Waals surface area contributed by atoms with Crippen LogP contribution in [0.2, 0.25) is 0 Å². The van der Waals surface area contributed by atoms with Gasteiger partial charge < -0.3 is 10.2 Å². The maximum atomic E-state index is 13.2. The molecule has 0 saturated heterocycles. The van der Waals surface area contributed by atoms with Crippen molar-refractivity contribution in [2.24, 2.45) is 0 Å². The molecule has 4 nitrogen and oxygen atoms in total. The molecule has 1 heterocycles. The molecule has 0 saturated carbocycles. The van der Waals surface area contributed by atoms with Crippen LogP contribution in [0.1, 0.15) is 38.8 Å². The van der Waals surface area contributed by atoms with E-state index >= 15 is 0 Å². The van der Waals surface area contributed by atoms with Crippen molar-refractivity contribution in [1.82, 2.24) is 4.90 Å².